The van der Waals surface area contributed by atoms with Crippen LogP contribution in [0.25, 0.3) is 6.08 Å². The third-order valence-corrected chi connectivity index (χ3v) is 5.09. The lowest BCUT2D eigenvalue weighted by Crippen LogP contribution is -2.41. The zero-order valence-electron chi connectivity index (χ0n) is 17.5. The molecule has 1 saturated heterocycles. The fourth-order valence-electron chi connectivity index (χ4n) is 2.70. The van der Waals surface area contributed by atoms with Crippen molar-refractivity contribution in [1.29, 1.82) is 0 Å². The van der Waals surface area contributed by atoms with Gasteiger partial charge in [0.25, 0.3) is 0 Å². The van der Waals surface area contributed by atoms with Gasteiger partial charge in [-0.25, -0.2) is 4.79 Å². The summed E-state index contributed by atoms with van der Waals surface area (Å²) in [5, 5.41) is 2.79. The van der Waals surface area contributed by atoms with Crippen LogP contribution in [0.3, 0.4) is 0 Å². The van der Waals surface area contributed by atoms with Gasteiger partial charge >= 0.3 is 13.1 Å². The first-order chi connectivity index (χ1) is 13.0. The molecule has 1 aliphatic heterocycles. The minimum Gasteiger partial charge on any atom is -0.496 e. The number of amides is 1. The van der Waals surface area contributed by atoms with Crippen molar-refractivity contribution in [2.24, 2.45) is 0 Å². The molecule has 0 bridgehead atoms. The largest absolute Gasteiger partial charge is 0.496 e. The number of nitrogens with one attached hydrogen (secondary N) is 1. The van der Waals surface area contributed by atoms with Crippen LogP contribution in [0.2, 0.25) is 0 Å². The van der Waals surface area contributed by atoms with E-state index >= 15 is 0 Å². The molecule has 1 aromatic carbocycles. The van der Waals surface area contributed by atoms with Crippen LogP contribution in [-0.4, -0.2) is 51.0 Å². The Morgan fingerprint density at radius 3 is 2.25 bits per heavy atom. The van der Waals surface area contributed by atoms with Gasteiger partial charge in [0.1, 0.15) is 5.75 Å². The van der Waals surface area contributed by atoms with Gasteiger partial charge in [0.05, 0.1) is 31.0 Å². The lowest BCUT2D eigenvalue weighted by atomic mass is 9.76. The number of hydrogen-bond acceptors (Lipinski definition) is 6. The molecule has 152 valence electrons. The smallest absolute Gasteiger partial charge is 0.492 e. The summed E-state index contributed by atoms with van der Waals surface area (Å²) in [6, 6.07) is 5.02. The third kappa shape index (κ3) is 4.74. The van der Waals surface area contributed by atoms with E-state index in [1.54, 1.807) is 18.2 Å². The first kappa shape index (κ1) is 22.0. The number of benzene rings is 1. The van der Waals surface area contributed by atoms with Crippen LogP contribution in [0.4, 0.5) is 0 Å². The van der Waals surface area contributed by atoms with Gasteiger partial charge in [-0.1, -0.05) is 12.1 Å². The average molecular weight is 389 g/mol. The Labute approximate surface area is 166 Å². The van der Waals surface area contributed by atoms with E-state index in [0.29, 0.717) is 11.3 Å². The molecule has 0 aliphatic carbocycles. The van der Waals surface area contributed by atoms with E-state index in [9.17, 15) is 9.59 Å². The zero-order chi connectivity index (χ0) is 21.1. The van der Waals surface area contributed by atoms with Gasteiger partial charge in [-0.3, -0.25) is 4.79 Å². The molecule has 2 rings (SSSR count). The Morgan fingerprint density at radius 1 is 1.14 bits per heavy atom. The fourth-order valence-corrected chi connectivity index (χ4v) is 2.70. The molecule has 0 unspecified atom stereocenters. The van der Waals surface area contributed by atoms with E-state index in [1.165, 1.54) is 21.1 Å². The molecule has 1 amide bonds. The highest BCUT2D eigenvalue weighted by atomic mass is 16.7. The first-order valence-corrected chi connectivity index (χ1v) is 9.07. The molecule has 1 aromatic rings. The SMILES string of the molecule is COC(=O)c1ccc(C=C(CNC(C)=O)B2OC(C)(C)C(C)(C)O2)c(OC)c1. The second kappa shape index (κ2) is 8.37. The minimum absolute atomic E-state index is 0.157. The molecular formula is C20H28BNO6. The highest BCUT2D eigenvalue weighted by Gasteiger charge is 2.52. The van der Waals surface area contributed by atoms with Crippen molar-refractivity contribution in [2.45, 2.75) is 45.8 Å². The quantitative estimate of drug-likeness (QED) is 0.595. The maximum absolute atomic E-state index is 11.8. The van der Waals surface area contributed by atoms with Crippen molar-refractivity contribution in [3.63, 3.8) is 0 Å². The summed E-state index contributed by atoms with van der Waals surface area (Å²) >= 11 is 0. The number of esters is 1. The Morgan fingerprint density at radius 2 is 1.75 bits per heavy atom. The first-order valence-electron chi connectivity index (χ1n) is 9.07. The topological polar surface area (TPSA) is 83.1 Å². The van der Waals surface area contributed by atoms with Crippen molar-refractivity contribution in [1.82, 2.24) is 5.32 Å². The second-order valence-corrected chi connectivity index (χ2v) is 7.67. The predicted octanol–water partition coefficient (Wildman–Crippen LogP) is 2.63. The summed E-state index contributed by atoms with van der Waals surface area (Å²) < 4.78 is 22.4. The summed E-state index contributed by atoms with van der Waals surface area (Å²) in [6.45, 7) is 9.58. The van der Waals surface area contributed by atoms with Crippen molar-refractivity contribution >= 4 is 25.1 Å². The van der Waals surface area contributed by atoms with Gasteiger partial charge in [0.2, 0.25) is 5.91 Å². The Hall–Kier alpha value is -2.32. The number of carbonyl (C=O) groups excluding carboxylic acids is 2. The summed E-state index contributed by atoms with van der Waals surface area (Å²) in [6.07, 6.45) is 1.85. The lowest BCUT2D eigenvalue weighted by Gasteiger charge is -2.32. The molecule has 1 fully saturated rings. The van der Waals surface area contributed by atoms with Crippen LogP contribution in [0.15, 0.2) is 23.7 Å². The number of carbonyl (C=O) groups is 2. The van der Waals surface area contributed by atoms with Crippen LogP contribution >= 0.6 is 0 Å². The molecule has 0 spiro atoms. The zero-order valence-corrected chi connectivity index (χ0v) is 17.5. The molecule has 0 saturated carbocycles. The van der Waals surface area contributed by atoms with Crippen LogP contribution in [0.5, 0.6) is 5.75 Å². The average Bonchev–Trinajstić information content (AvgIpc) is 2.85. The normalized spacial score (nSPS) is 18.0. The number of rotatable bonds is 6. The number of methoxy groups -OCH3 is 2. The molecule has 28 heavy (non-hydrogen) atoms. The molecule has 0 atom stereocenters. The van der Waals surface area contributed by atoms with Crippen LogP contribution in [0.1, 0.15) is 50.5 Å². The van der Waals surface area contributed by atoms with Crippen LogP contribution < -0.4 is 10.1 Å². The molecule has 8 heteroatoms. The minimum atomic E-state index is -0.623. The molecular weight excluding hydrogens is 361 g/mol. The van der Waals surface area contributed by atoms with E-state index in [2.05, 4.69) is 5.32 Å². The van der Waals surface area contributed by atoms with Gasteiger partial charge in [0, 0.05) is 19.0 Å². The summed E-state index contributed by atoms with van der Waals surface area (Å²) in [7, 11) is 2.23. The van der Waals surface area contributed by atoms with Gasteiger partial charge < -0.3 is 24.1 Å². The standard InChI is InChI=1S/C20H28BNO6/c1-13(23)22-12-16(21-27-19(2,3)20(4,5)28-21)10-14-8-9-15(18(24)26-7)11-17(14)25-6/h8-11H,12H2,1-7H3,(H,22,23). The summed E-state index contributed by atoms with van der Waals surface area (Å²) in [5.41, 5.74) is 0.830. The lowest BCUT2D eigenvalue weighted by molar-refractivity contribution is -0.118. The molecule has 1 heterocycles. The highest BCUT2D eigenvalue weighted by molar-refractivity contribution is 6.56. The van der Waals surface area contributed by atoms with Crippen molar-refractivity contribution in [3.05, 3.63) is 34.8 Å². The summed E-state index contributed by atoms with van der Waals surface area (Å²) in [5.74, 6) is -0.103. The van der Waals surface area contributed by atoms with Crippen LogP contribution in [0, 0.1) is 0 Å². The second-order valence-electron chi connectivity index (χ2n) is 7.67. The molecule has 0 aromatic heterocycles. The van der Waals surface area contributed by atoms with Crippen molar-refractivity contribution in [2.75, 3.05) is 20.8 Å². The van der Waals surface area contributed by atoms with Crippen molar-refractivity contribution in [3.8, 4) is 5.75 Å². The molecule has 1 N–H and O–H groups in total. The van der Waals surface area contributed by atoms with Crippen LogP contribution in [-0.2, 0) is 18.8 Å². The van der Waals surface area contributed by atoms with Gasteiger partial charge in [0.15, 0.2) is 0 Å². The van der Waals surface area contributed by atoms with Gasteiger partial charge in [-0.2, -0.15) is 0 Å². The predicted molar refractivity (Wildman–Crippen MR) is 107 cm³/mol. The van der Waals surface area contributed by atoms with E-state index in [-0.39, 0.29) is 12.5 Å². The Kier molecular flexibility index (Phi) is 6.57. The van der Waals surface area contributed by atoms with Crippen molar-refractivity contribution < 1.29 is 28.4 Å². The van der Waals surface area contributed by atoms with Gasteiger partial charge in [-0.15, -0.1) is 0 Å². The monoisotopic (exact) mass is 389 g/mol. The van der Waals surface area contributed by atoms with E-state index in [1.807, 2.05) is 33.8 Å². The maximum atomic E-state index is 11.8. The molecule has 0 radical (unpaired) electrons. The van der Waals surface area contributed by atoms with E-state index < -0.39 is 24.3 Å². The van der Waals surface area contributed by atoms with Gasteiger partial charge in [-0.05, 0) is 45.3 Å². The Bertz CT molecular complexity index is 771. The Balaban J connectivity index is 2.42. The summed E-state index contributed by atoms with van der Waals surface area (Å²) in [4.78, 5) is 23.2. The number of ether oxygens (including phenoxy) is 2. The fraction of sp³-hybridized carbons (Fsp3) is 0.500. The number of hydrogen-bond donors (Lipinski definition) is 1. The molecule has 7 nitrogen and oxygen atoms in total. The molecule has 1 aliphatic rings. The van der Waals surface area contributed by atoms with E-state index in [4.69, 9.17) is 18.8 Å². The highest BCUT2D eigenvalue weighted by Crippen LogP contribution is 2.39. The third-order valence-electron chi connectivity index (χ3n) is 5.09. The van der Waals surface area contributed by atoms with E-state index in [0.717, 1.165) is 11.0 Å². The maximum Gasteiger partial charge on any atom is 0.492 e.